The van der Waals surface area contributed by atoms with Crippen molar-refractivity contribution in [2.24, 2.45) is 0 Å². The van der Waals surface area contributed by atoms with Crippen LogP contribution in [0, 0.1) is 11.3 Å². The Hall–Kier alpha value is -3.88. The van der Waals surface area contributed by atoms with Gasteiger partial charge in [-0.05, 0) is 31.0 Å². The zero-order valence-electron chi connectivity index (χ0n) is 14.6. The van der Waals surface area contributed by atoms with E-state index in [-0.39, 0.29) is 23.4 Å². The van der Waals surface area contributed by atoms with E-state index in [2.05, 4.69) is 41.3 Å². The van der Waals surface area contributed by atoms with Crippen LogP contribution in [0.5, 0.6) is 0 Å². The van der Waals surface area contributed by atoms with E-state index in [4.69, 9.17) is 5.73 Å². The van der Waals surface area contributed by atoms with Crippen molar-refractivity contribution in [2.75, 3.05) is 11.1 Å². The molecular formula is C17H12F3N9. The van der Waals surface area contributed by atoms with Crippen LogP contribution in [0.15, 0.2) is 30.6 Å². The molecule has 0 atom stereocenters. The fourth-order valence-electron chi connectivity index (χ4n) is 2.63. The van der Waals surface area contributed by atoms with Crippen molar-refractivity contribution in [3.63, 3.8) is 0 Å². The molecule has 0 aliphatic heterocycles. The molecule has 1 fully saturated rings. The zero-order chi connectivity index (χ0) is 20.6. The minimum atomic E-state index is -4.71. The molecule has 0 aromatic carbocycles. The second-order valence-corrected chi connectivity index (χ2v) is 6.35. The summed E-state index contributed by atoms with van der Waals surface area (Å²) in [5, 5.41) is 12.2. The van der Waals surface area contributed by atoms with Crippen LogP contribution in [0.4, 0.5) is 30.8 Å². The maximum atomic E-state index is 12.9. The molecule has 0 amide bonds. The molecule has 1 aliphatic carbocycles. The Morgan fingerprint density at radius 1 is 1.07 bits per heavy atom. The number of nitrogen functional groups attached to an aromatic ring is 1. The van der Waals surface area contributed by atoms with Gasteiger partial charge in [-0.2, -0.15) is 33.4 Å². The summed E-state index contributed by atoms with van der Waals surface area (Å²) >= 11 is 0. The summed E-state index contributed by atoms with van der Waals surface area (Å²) in [5.74, 6) is -1.64. The number of hydrogen-bond acceptors (Lipinski definition) is 9. The van der Waals surface area contributed by atoms with Gasteiger partial charge in [-0.3, -0.25) is 4.98 Å². The normalized spacial score (nSPS) is 14.8. The van der Waals surface area contributed by atoms with Gasteiger partial charge in [0.15, 0.2) is 5.82 Å². The molecule has 0 radical (unpaired) electrons. The Bertz CT molecular complexity index is 1120. The van der Waals surface area contributed by atoms with E-state index >= 15 is 0 Å². The third-order valence-electron chi connectivity index (χ3n) is 4.26. The number of nitrogens with one attached hydrogen (secondary N) is 1. The van der Waals surface area contributed by atoms with E-state index in [1.807, 2.05) is 0 Å². The largest absolute Gasteiger partial charge is 0.451 e. The van der Waals surface area contributed by atoms with Crippen LogP contribution in [0.25, 0.3) is 11.5 Å². The number of rotatable bonds is 4. The third-order valence-corrected chi connectivity index (χ3v) is 4.26. The van der Waals surface area contributed by atoms with Gasteiger partial charge in [0.25, 0.3) is 0 Å². The van der Waals surface area contributed by atoms with Crippen molar-refractivity contribution in [1.82, 2.24) is 29.9 Å². The number of alkyl halides is 3. The summed E-state index contributed by atoms with van der Waals surface area (Å²) in [4.78, 5) is 22.8. The van der Waals surface area contributed by atoms with Crippen LogP contribution >= 0.6 is 0 Å². The average molecular weight is 399 g/mol. The fourth-order valence-corrected chi connectivity index (χ4v) is 2.63. The van der Waals surface area contributed by atoms with E-state index in [1.54, 1.807) is 18.3 Å². The molecule has 3 heterocycles. The van der Waals surface area contributed by atoms with Gasteiger partial charge in [0, 0.05) is 18.1 Å². The molecule has 0 saturated heterocycles. The highest BCUT2D eigenvalue weighted by molar-refractivity contribution is 5.59. The number of aromatic nitrogens is 6. The van der Waals surface area contributed by atoms with Crippen molar-refractivity contribution < 1.29 is 13.2 Å². The summed E-state index contributed by atoms with van der Waals surface area (Å²) in [6.07, 6.45) is -0.732. The highest BCUT2D eigenvalue weighted by Gasteiger charge is 2.46. The lowest BCUT2D eigenvalue weighted by molar-refractivity contribution is -0.144. The Balaban J connectivity index is 1.65. The first-order valence-electron chi connectivity index (χ1n) is 8.36. The quantitative estimate of drug-likeness (QED) is 0.677. The van der Waals surface area contributed by atoms with E-state index in [0.717, 1.165) is 19.0 Å². The van der Waals surface area contributed by atoms with Gasteiger partial charge < -0.3 is 11.1 Å². The lowest BCUT2D eigenvalue weighted by atomic mass is 10.0. The Labute approximate surface area is 161 Å². The molecule has 0 spiro atoms. The van der Waals surface area contributed by atoms with Gasteiger partial charge in [-0.1, -0.05) is 0 Å². The number of nitrogens with two attached hydrogens (primary N) is 1. The summed E-state index contributed by atoms with van der Waals surface area (Å²) < 4.78 is 38.6. The van der Waals surface area contributed by atoms with Crippen LogP contribution < -0.4 is 11.1 Å². The fraction of sp³-hybridized carbons (Fsp3) is 0.235. The lowest BCUT2D eigenvalue weighted by Gasteiger charge is -2.10. The monoisotopic (exact) mass is 399 g/mol. The zero-order valence-corrected chi connectivity index (χ0v) is 14.6. The van der Waals surface area contributed by atoms with E-state index in [0.29, 0.717) is 11.4 Å². The molecule has 9 nitrogen and oxygen atoms in total. The van der Waals surface area contributed by atoms with Crippen molar-refractivity contribution in [3.8, 4) is 17.6 Å². The number of halogens is 3. The summed E-state index contributed by atoms with van der Waals surface area (Å²) in [6.45, 7) is 0. The molecule has 1 saturated carbocycles. The summed E-state index contributed by atoms with van der Waals surface area (Å²) in [6, 6.07) is 6.84. The molecular weight excluding hydrogens is 387 g/mol. The molecule has 12 heteroatoms. The topological polar surface area (TPSA) is 139 Å². The summed E-state index contributed by atoms with van der Waals surface area (Å²) in [7, 11) is 0. The van der Waals surface area contributed by atoms with E-state index in [1.165, 1.54) is 6.07 Å². The minimum Gasteiger partial charge on any atom is -0.368 e. The highest BCUT2D eigenvalue weighted by Crippen LogP contribution is 2.47. The van der Waals surface area contributed by atoms with Crippen molar-refractivity contribution >= 4 is 17.6 Å². The SMILES string of the molecule is N#CC1(c2cc(Nc3nc(N)nc(-c4ccnc(C(F)(F)F)n4)n3)ccn2)CC1. The molecule has 3 aromatic heterocycles. The van der Waals surface area contributed by atoms with E-state index < -0.39 is 17.4 Å². The number of nitriles is 1. The summed E-state index contributed by atoms with van der Waals surface area (Å²) in [5.41, 5.74) is 6.13. The maximum Gasteiger partial charge on any atom is 0.451 e. The molecule has 3 aromatic rings. The van der Waals surface area contributed by atoms with Crippen LogP contribution in [0.3, 0.4) is 0 Å². The van der Waals surface area contributed by atoms with Gasteiger partial charge in [0.1, 0.15) is 5.69 Å². The van der Waals surface area contributed by atoms with Crippen LogP contribution in [0.1, 0.15) is 24.4 Å². The average Bonchev–Trinajstić information content (AvgIpc) is 3.49. The second-order valence-electron chi connectivity index (χ2n) is 6.35. The van der Waals surface area contributed by atoms with Crippen LogP contribution in [0.2, 0.25) is 0 Å². The first kappa shape index (κ1) is 18.5. The van der Waals surface area contributed by atoms with Crippen molar-refractivity contribution in [1.29, 1.82) is 5.26 Å². The maximum absolute atomic E-state index is 12.9. The molecule has 0 unspecified atom stereocenters. The first-order valence-corrected chi connectivity index (χ1v) is 8.36. The number of pyridine rings is 1. The lowest BCUT2D eigenvalue weighted by Crippen LogP contribution is -2.12. The van der Waals surface area contributed by atoms with Crippen molar-refractivity contribution in [3.05, 3.63) is 42.1 Å². The molecule has 3 N–H and O–H groups in total. The van der Waals surface area contributed by atoms with E-state index in [9.17, 15) is 18.4 Å². The predicted molar refractivity (Wildman–Crippen MR) is 94.3 cm³/mol. The third kappa shape index (κ3) is 3.75. The van der Waals surface area contributed by atoms with Gasteiger partial charge in [-0.25, -0.2) is 9.97 Å². The van der Waals surface area contributed by atoms with Crippen LogP contribution in [-0.4, -0.2) is 29.9 Å². The minimum absolute atomic E-state index is 0.0126. The van der Waals surface area contributed by atoms with Gasteiger partial charge >= 0.3 is 6.18 Å². The first-order chi connectivity index (χ1) is 13.8. The highest BCUT2D eigenvalue weighted by atomic mass is 19.4. The Morgan fingerprint density at radius 2 is 1.83 bits per heavy atom. The predicted octanol–water partition coefficient (Wildman–Crippen LogP) is 2.62. The molecule has 146 valence electrons. The van der Waals surface area contributed by atoms with Crippen molar-refractivity contribution in [2.45, 2.75) is 24.4 Å². The molecule has 29 heavy (non-hydrogen) atoms. The molecule has 4 rings (SSSR count). The number of hydrogen-bond donors (Lipinski definition) is 2. The number of anilines is 3. The molecule has 0 bridgehead atoms. The molecule has 1 aliphatic rings. The number of nitrogens with zero attached hydrogens (tertiary/aromatic N) is 7. The second kappa shape index (κ2) is 6.62. The van der Waals surface area contributed by atoms with Gasteiger partial charge in [0.05, 0.1) is 17.2 Å². The van der Waals surface area contributed by atoms with Crippen LogP contribution in [-0.2, 0) is 11.6 Å². The van der Waals surface area contributed by atoms with Gasteiger partial charge in [0.2, 0.25) is 17.7 Å². The smallest absolute Gasteiger partial charge is 0.368 e. The Morgan fingerprint density at radius 3 is 2.52 bits per heavy atom. The standard InChI is InChI=1S/C17H12F3N9/c18-17(19,20)13-24-6-2-10(26-13)12-27-14(22)29-15(28-12)25-9-1-5-23-11(7-9)16(8-21)3-4-16/h1-2,5-7H,3-4H2,(H3,22,23,25,27,28,29). The Kier molecular flexibility index (Phi) is 4.22. The van der Waals surface area contributed by atoms with Gasteiger partial charge in [-0.15, -0.1) is 0 Å².